The summed E-state index contributed by atoms with van der Waals surface area (Å²) in [7, 11) is 0. The molecule has 2 aliphatic rings. The molecule has 1 N–H and O–H groups in total. The van der Waals surface area contributed by atoms with E-state index in [9.17, 15) is 14.7 Å². The van der Waals surface area contributed by atoms with Gasteiger partial charge in [0, 0.05) is 24.2 Å². The molecule has 0 bridgehead atoms. The summed E-state index contributed by atoms with van der Waals surface area (Å²) in [5.41, 5.74) is 8.61. The van der Waals surface area contributed by atoms with Gasteiger partial charge in [0.1, 0.15) is 24.0 Å². The van der Waals surface area contributed by atoms with E-state index in [0.29, 0.717) is 36.9 Å². The Morgan fingerprint density at radius 3 is 2.46 bits per heavy atom. The number of hydrogen-bond donors (Lipinski definition) is 1. The maximum Gasteiger partial charge on any atom is 0.410 e. The van der Waals surface area contributed by atoms with Crippen molar-refractivity contribution in [3.05, 3.63) is 130 Å². The summed E-state index contributed by atoms with van der Waals surface area (Å²) in [6.07, 6.45) is 6.02. The summed E-state index contributed by atoms with van der Waals surface area (Å²) in [4.78, 5) is 31.3. The van der Waals surface area contributed by atoms with Crippen LogP contribution in [0.15, 0.2) is 91.1 Å². The van der Waals surface area contributed by atoms with Crippen LogP contribution in [-0.2, 0) is 30.6 Å². The van der Waals surface area contributed by atoms with Crippen molar-refractivity contribution in [3.63, 3.8) is 0 Å². The molecule has 9 heteroatoms. The molecule has 256 valence electrons. The number of aromatic nitrogens is 3. The van der Waals surface area contributed by atoms with E-state index < -0.39 is 5.97 Å². The fourth-order valence-corrected chi connectivity index (χ4v) is 7.47. The van der Waals surface area contributed by atoms with Crippen molar-refractivity contribution in [1.82, 2.24) is 19.7 Å². The standard InChI is InChI=1S/C41H42N4O5/c1-3-28-24-31(17-18-32(28)29-20-22-44(23-21-29)41(48)49-26-27-10-6-5-7-11-27)50-37-19-16-30-12-8-13-33(39(30)37)35-14-9-15-38(43-35)45-36(4-2)34(25-42-45)40(46)47/h5-15,17-18,24-25,29,37H,3-4,16,19-23,26H2,1-2H3,(H,46,47)/t37-/m0/s1. The lowest BCUT2D eigenvalue weighted by Gasteiger charge is -2.32. The number of benzene rings is 3. The minimum absolute atomic E-state index is 0.123. The summed E-state index contributed by atoms with van der Waals surface area (Å²) in [6.45, 7) is 5.75. The van der Waals surface area contributed by atoms with Crippen molar-refractivity contribution < 1.29 is 24.2 Å². The molecule has 3 heterocycles. The molecule has 5 aromatic rings. The molecule has 3 aromatic carbocycles. The zero-order valence-electron chi connectivity index (χ0n) is 28.5. The van der Waals surface area contributed by atoms with E-state index in [4.69, 9.17) is 14.5 Å². The molecule has 1 aliphatic carbocycles. The molecule has 2 aromatic heterocycles. The van der Waals surface area contributed by atoms with Crippen LogP contribution in [0.5, 0.6) is 5.75 Å². The molecule has 50 heavy (non-hydrogen) atoms. The number of rotatable bonds is 10. The van der Waals surface area contributed by atoms with Gasteiger partial charge in [0.2, 0.25) is 0 Å². The van der Waals surface area contributed by atoms with Crippen LogP contribution in [0.1, 0.15) is 89.0 Å². The first-order valence-corrected chi connectivity index (χ1v) is 17.6. The summed E-state index contributed by atoms with van der Waals surface area (Å²) >= 11 is 0. The molecule has 0 radical (unpaired) electrons. The topological polar surface area (TPSA) is 107 Å². The Morgan fingerprint density at radius 1 is 0.900 bits per heavy atom. The van der Waals surface area contributed by atoms with E-state index in [2.05, 4.69) is 48.4 Å². The van der Waals surface area contributed by atoms with Crippen LogP contribution in [0.2, 0.25) is 0 Å². The fourth-order valence-electron chi connectivity index (χ4n) is 7.47. The Labute approximate surface area is 292 Å². The molecule has 0 saturated carbocycles. The van der Waals surface area contributed by atoms with E-state index in [1.165, 1.54) is 22.9 Å². The second-order valence-corrected chi connectivity index (χ2v) is 13.0. The molecule has 1 fully saturated rings. The predicted molar refractivity (Wildman–Crippen MR) is 191 cm³/mol. The third kappa shape index (κ3) is 6.72. The van der Waals surface area contributed by atoms with E-state index >= 15 is 0 Å². The number of ether oxygens (including phenoxy) is 2. The highest BCUT2D eigenvalue weighted by atomic mass is 16.6. The third-order valence-corrected chi connectivity index (χ3v) is 10.0. The maximum atomic E-state index is 12.7. The van der Waals surface area contributed by atoms with Gasteiger partial charge in [-0.05, 0) is 91.0 Å². The molecule has 1 saturated heterocycles. The second kappa shape index (κ2) is 14.6. The number of likely N-dealkylation sites (tertiary alicyclic amines) is 1. The summed E-state index contributed by atoms with van der Waals surface area (Å²) < 4.78 is 14.0. The van der Waals surface area contributed by atoms with Crippen molar-refractivity contribution in [2.75, 3.05) is 13.1 Å². The lowest BCUT2D eigenvalue weighted by Crippen LogP contribution is -2.38. The monoisotopic (exact) mass is 670 g/mol. The van der Waals surface area contributed by atoms with Crippen LogP contribution < -0.4 is 4.74 Å². The number of amides is 1. The lowest BCUT2D eigenvalue weighted by atomic mass is 9.86. The molecule has 9 nitrogen and oxygen atoms in total. The fraction of sp³-hybridized carbons (Fsp3) is 0.317. The first-order valence-electron chi connectivity index (χ1n) is 17.6. The van der Waals surface area contributed by atoms with Gasteiger partial charge in [0.15, 0.2) is 5.82 Å². The van der Waals surface area contributed by atoms with E-state index in [0.717, 1.165) is 60.2 Å². The lowest BCUT2D eigenvalue weighted by molar-refractivity contribution is 0.0695. The van der Waals surface area contributed by atoms with Crippen LogP contribution in [0, 0.1) is 0 Å². The van der Waals surface area contributed by atoms with Crippen LogP contribution >= 0.6 is 0 Å². The van der Waals surface area contributed by atoms with Crippen molar-refractivity contribution in [3.8, 4) is 22.8 Å². The summed E-state index contributed by atoms with van der Waals surface area (Å²) in [5.74, 6) is 0.820. The number of aryl methyl sites for hydroxylation is 2. The highest BCUT2D eigenvalue weighted by Crippen LogP contribution is 2.42. The van der Waals surface area contributed by atoms with Crippen molar-refractivity contribution in [1.29, 1.82) is 0 Å². The van der Waals surface area contributed by atoms with Crippen molar-refractivity contribution in [2.45, 2.75) is 71.0 Å². The normalized spacial score (nSPS) is 15.9. The van der Waals surface area contributed by atoms with Gasteiger partial charge in [-0.25, -0.2) is 19.3 Å². The van der Waals surface area contributed by atoms with Gasteiger partial charge in [0.25, 0.3) is 0 Å². The van der Waals surface area contributed by atoms with Crippen LogP contribution in [0.4, 0.5) is 4.79 Å². The Balaban J connectivity index is 1.05. The predicted octanol–water partition coefficient (Wildman–Crippen LogP) is 8.34. The van der Waals surface area contributed by atoms with E-state index in [1.54, 1.807) is 4.68 Å². The van der Waals surface area contributed by atoms with Crippen LogP contribution in [0.25, 0.3) is 17.1 Å². The average Bonchev–Trinajstić information content (AvgIpc) is 3.79. The average molecular weight is 671 g/mol. The number of hydrogen-bond acceptors (Lipinski definition) is 6. The number of piperidine rings is 1. The third-order valence-electron chi connectivity index (χ3n) is 10.0. The molecule has 7 rings (SSSR count). The number of carbonyl (C=O) groups is 2. The molecular weight excluding hydrogens is 628 g/mol. The highest BCUT2D eigenvalue weighted by Gasteiger charge is 2.30. The number of carboxylic acids is 1. The molecule has 1 aliphatic heterocycles. The molecular formula is C41H42N4O5. The number of carboxylic acid groups (broad SMARTS) is 1. The zero-order chi connectivity index (χ0) is 34.6. The Bertz CT molecular complexity index is 2000. The molecule has 1 amide bonds. The maximum absolute atomic E-state index is 12.7. The van der Waals surface area contributed by atoms with Gasteiger partial charge >= 0.3 is 12.1 Å². The largest absolute Gasteiger partial charge is 0.486 e. The van der Waals surface area contributed by atoms with Crippen LogP contribution in [-0.4, -0.2) is 49.9 Å². The SMILES string of the molecule is CCc1cc(O[C@H]2CCc3cccc(-c4cccc(-n5ncc(C(=O)O)c5CC)n4)c32)ccc1C1CCN(C(=O)OCc2ccccc2)CC1. The number of pyridine rings is 1. The number of carbonyl (C=O) groups excluding carboxylic acids is 1. The van der Waals surface area contributed by atoms with E-state index in [-0.39, 0.29) is 24.4 Å². The van der Waals surface area contributed by atoms with Gasteiger partial charge in [-0.1, -0.05) is 74.5 Å². The first-order chi connectivity index (χ1) is 24.4. The Morgan fingerprint density at radius 2 is 1.70 bits per heavy atom. The highest BCUT2D eigenvalue weighted by molar-refractivity contribution is 5.88. The van der Waals surface area contributed by atoms with Crippen molar-refractivity contribution in [2.24, 2.45) is 0 Å². The summed E-state index contributed by atoms with van der Waals surface area (Å²) in [5, 5.41) is 14.0. The number of nitrogens with zero attached hydrogens (tertiary/aromatic N) is 4. The van der Waals surface area contributed by atoms with Gasteiger partial charge in [-0.15, -0.1) is 0 Å². The van der Waals surface area contributed by atoms with Crippen molar-refractivity contribution >= 4 is 12.1 Å². The molecule has 1 atom stereocenters. The van der Waals surface area contributed by atoms with Gasteiger partial charge in [0.05, 0.1) is 17.6 Å². The van der Waals surface area contributed by atoms with Gasteiger partial charge in [-0.3, -0.25) is 0 Å². The quantitative estimate of drug-likeness (QED) is 0.159. The Hall–Kier alpha value is -5.44. The molecule has 0 spiro atoms. The Kier molecular flexibility index (Phi) is 9.65. The number of fused-ring (bicyclic) bond motifs is 1. The smallest absolute Gasteiger partial charge is 0.410 e. The van der Waals surface area contributed by atoms with E-state index in [1.807, 2.05) is 60.4 Å². The van der Waals surface area contributed by atoms with Gasteiger partial charge < -0.3 is 19.5 Å². The molecule has 0 unspecified atom stereocenters. The first kappa shape index (κ1) is 33.1. The minimum Gasteiger partial charge on any atom is -0.486 e. The second-order valence-electron chi connectivity index (χ2n) is 13.0. The number of aromatic carboxylic acids is 1. The summed E-state index contributed by atoms with van der Waals surface area (Å²) in [6, 6.07) is 28.4. The minimum atomic E-state index is -0.994. The van der Waals surface area contributed by atoms with Crippen LogP contribution in [0.3, 0.4) is 0 Å². The zero-order valence-corrected chi connectivity index (χ0v) is 28.5. The van der Waals surface area contributed by atoms with Gasteiger partial charge in [-0.2, -0.15) is 5.10 Å².